The number of fused-ring (bicyclic) bond motifs is 9. The highest BCUT2D eigenvalue weighted by Gasteiger charge is 2.58. The molecule has 300 valence electrons. The van der Waals surface area contributed by atoms with Crippen molar-refractivity contribution in [3.8, 4) is 33.4 Å². The summed E-state index contributed by atoms with van der Waals surface area (Å²) in [6.07, 6.45) is 29.4. The fraction of sp³-hybridized carbons (Fsp3) is 0.0909. The van der Waals surface area contributed by atoms with E-state index in [1.807, 2.05) is 98.4 Å². The first-order valence-electron chi connectivity index (χ1n) is 21.4. The maximum absolute atomic E-state index is 5.18. The van der Waals surface area contributed by atoms with Crippen molar-refractivity contribution >= 4 is 6.01 Å². The van der Waals surface area contributed by atoms with Gasteiger partial charge in [-0.3, -0.25) is 34.9 Å². The molecule has 0 bridgehead atoms. The third-order valence-electron chi connectivity index (χ3n) is 14.0. The topological polar surface area (TPSA) is 96.2 Å². The summed E-state index contributed by atoms with van der Waals surface area (Å²) in [5.41, 5.74) is 16.9. The number of aromatic nitrogens is 7. The summed E-state index contributed by atoms with van der Waals surface area (Å²) in [6.45, 7) is 2.12. The third-order valence-corrected chi connectivity index (χ3v) is 14.0. The fourth-order valence-corrected chi connectivity index (χ4v) is 11.5. The second-order valence-corrected chi connectivity index (χ2v) is 17.0. The van der Waals surface area contributed by atoms with Crippen molar-refractivity contribution in [3.05, 3.63) is 257 Å². The van der Waals surface area contributed by atoms with E-state index >= 15 is 0 Å². The Morgan fingerprint density at radius 2 is 0.828 bits per heavy atom. The molecule has 8 heterocycles. The van der Waals surface area contributed by atoms with E-state index in [1.165, 1.54) is 0 Å². The van der Waals surface area contributed by atoms with E-state index in [0.717, 1.165) is 100 Å². The first-order valence-corrected chi connectivity index (χ1v) is 21.4. The van der Waals surface area contributed by atoms with Crippen molar-refractivity contribution in [2.75, 3.05) is 7.05 Å². The Balaban J connectivity index is 1.14. The summed E-state index contributed by atoms with van der Waals surface area (Å²) >= 11 is 0. The summed E-state index contributed by atoms with van der Waals surface area (Å²) < 4.78 is 4.15. The number of hydrogen-bond acceptors (Lipinski definition) is 7. The van der Waals surface area contributed by atoms with Gasteiger partial charge in [0.1, 0.15) is 0 Å². The van der Waals surface area contributed by atoms with E-state index in [0.29, 0.717) is 0 Å². The van der Waals surface area contributed by atoms with Crippen molar-refractivity contribution < 1.29 is 9.15 Å². The number of benzene rings is 2. The van der Waals surface area contributed by atoms with Gasteiger partial charge in [-0.25, -0.2) is 0 Å². The molecule has 3 aliphatic carbocycles. The van der Waals surface area contributed by atoms with Gasteiger partial charge >= 0.3 is 6.01 Å². The summed E-state index contributed by atoms with van der Waals surface area (Å²) in [7, 11) is 2.00. The zero-order valence-corrected chi connectivity index (χ0v) is 34.9. The molecule has 0 atom stereocenters. The highest BCUT2D eigenvalue weighted by Crippen LogP contribution is 2.60. The molecule has 0 amide bonds. The van der Waals surface area contributed by atoms with Crippen LogP contribution in [0.5, 0.6) is 0 Å². The lowest BCUT2D eigenvalue weighted by Crippen LogP contribution is -2.38. The molecule has 13 rings (SSSR count). The molecule has 2 aromatic carbocycles. The highest BCUT2D eigenvalue weighted by molar-refractivity contribution is 5.88. The predicted molar refractivity (Wildman–Crippen MR) is 243 cm³/mol. The lowest BCUT2D eigenvalue weighted by Gasteiger charge is -2.37. The van der Waals surface area contributed by atoms with Gasteiger partial charge in [0.2, 0.25) is 12.4 Å². The average Bonchev–Trinajstić information content (AvgIpc) is 4.09. The van der Waals surface area contributed by atoms with Crippen LogP contribution in [0.25, 0.3) is 33.4 Å². The zero-order chi connectivity index (χ0) is 42.6. The third kappa shape index (κ3) is 4.55. The summed E-state index contributed by atoms with van der Waals surface area (Å²) in [5, 5.41) is 0. The summed E-state index contributed by atoms with van der Waals surface area (Å²) in [4.78, 5) is 33.9. The molecule has 0 spiro atoms. The Kier molecular flexibility index (Phi) is 7.54. The molecule has 0 N–H and O–H groups in total. The van der Waals surface area contributed by atoms with Gasteiger partial charge in [-0.1, -0.05) is 51.6 Å². The molecule has 7 aromatic heterocycles. The van der Waals surface area contributed by atoms with Gasteiger partial charge in [-0.15, -0.1) is 0 Å². The molecule has 9 heteroatoms. The standard InChI is InChI=1S/C55H37N9/c1-35-9-22-62-52(25-35)54(48-30-58-18-12-42(48)43-13-19-59-31-49(43)54)38-7-3-5-36(26-38)53(46-28-56-16-10-40(46)41-11-17-57-29-47(41)53)37-6-4-8-39(27-37)55(64-24-23-63(2)34-64)50-32-60-20-14-44(50)45-15-21-61-33-51(45)55/h3-33H,1-2H3/q+2. The molecule has 4 aliphatic rings. The second kappa shape index (κ2) is 13.3. The molecule has 0 saturated heterocycles. The largest absolute Gasteiger partial charge is 0.490 e. The van der Waals surface area contributed by atoms with Gasteiger partial charge < -0.3 is 0 Å². The minimum absolute atomic E-state index is 0.826. The molecule has 9 aromatic rings. The summed E-state index contributed by atoms with van der Waals surface area (Å²) in [6, 6.07) is 38.8. The van der Waals surface area contributed by atoms with Gasteiger partial charge in [0, 0.05) is 86.1 Å². The molecule has 0 fully saturated rings. The molecule has 0 radical (unpaired) electrons. The minimum Gasteiger partial charge on any atom is -0.264 e. The molecule has 9 nitrogen and oxygen atoms in total. The van der Waals surface area contributed by atoms with Crippen LogP contribution in [0.15, 0.2) is 190 Å². The second-order valence-electron chi connectivity index (χ2n) is 17.0. The monoisotopic (exact) mass is 823 g/mol. The number of hydrogen-bond donors (Lipinski definition) is 0. The van der Waals surface area contributed by atoms with Crippen LogP contribution in [-0.4, -0.2) is 57.1 Å². The van der Waals surface area contributed by atoms with Crippen molar-refractivity contribution in [1.29, 1.82) is 0 Å². The Morgan fingerprint density at radius 1 is 0.422 bits per heavy atom. The van der Waals surface area contributed by atoms with E-state index in [4.69, 9.17) is 34.9 Å². The van der Waals surface area contributed by atoms with Crippen LogP contribution in [0, 0.1) is 6.92 Å². The van der Waals surface area contributed by atoms with Crippen molar-refractivity contribution in [2.24, 2.45) is 0 Å². The van der Waals surface area contributed by atoms with E-state index in [1.54, 1.807) is 0 Å². The number of aryl methyl sites for hydroxylation is 1. The SMILES string of the molecule is Cc1ccnc(C2(c3cccc(C4(c5cccc(C6([N+]7=C=[N+](C)C=C7)c7cnccc7-c7ccncc76)c5)c5cnccc5-c5ccncc54)c3)c3cnccc3-c3ccncc32)c1. The predicted octanol–water partition coefficient (Wildman–Crippen LogP) is 9.07. The molecule has 1 aliphatic heterocycles. The molecule has 0 unspecified atom stereocenters. The highest BCUT2D eigenvalue weighted by atomic mass is 15.2. The van der Waals surface area contributed by atoms with Crippen LogP contribution in [0.4, 0.5) is 0 Å². The van der Waals surface area contributed by atoms with Gasteiger partial charge in [0.05, 0.1) is 27.7 Å². The minimum atomic E-state index is -0.866. The van der Waals surface area contributed by atoms with E-state index in [-0.39, 0.29) is 0 Å². The Hall–Kier alpha value is -8.39. The van der Waals surface area contributed by atoms with Crippen molar-refractivity contribution in [1.82, 2.24) is 34.9 Å². The van der Waals surface area contributed by atoms with E-state index < -0.39 is 16.4 Å². The number of pyridine rings is 7. The van der Waals surface area contributed by atoms with Crippen LogP contribution >= 0.6 is 0 Å². The van der Waals surface area contributed by atoms with Crippen molar-refractivity contribution in [3.63, 3.8) is 0 Å². The van der Waals surface area contributed by atoms with Crippen LogP contribution < -0.4 is 0 Å². The maximum Gasteiger partial charge on any atom is 0.490 e. The lowest BCUT2D eigenvalue weighted by atomic mass is 9.65. The molecular formula is C55H37N9+2. The Labute approximate surface area is 369 Å². The van der Waals surface area contributed by atoms with Crippen LogP contribution in [0.2, 0.25) is 0 Å². The van der Waals surface area contributed by atoms with Crippen LogP contribution in [0.1, 0.15) is 66.9 Å². The molecule has 0 saturated carbocycles. The van der Waals surface area contributed by atoms with E-state index in [9.17, 15) is 0 Å². The first-order chi connectivity index (χ1) is 31.5. The van der Waals surface area contributed by atoms with Crippen molar-refractivity contribution in [2.45, 2.75) is 23.3 Å². The molecule has 64 heavy (non-hydrogen) atoms. The lowest BCUT2D eigenvalue weighted by molar-refractivity contribution is -0.533. The maximum atomic E-state index is 5.18. The van der Waals surface area contributed by atoms with Crippen LogP contribution in [0.3, 0.4) is 0 Å². The smallest absolute Gasteiger partial charge is 0.264 e. The Bertz CT molecular complexity index is 3430. The molecular weight excluding hydrogens is 787 g/mol. The van der Waals surface area contributed by atoms with Gasteiger partial charge in [0.25, 0.3) is 5.54 Å². The van der Waals surface area contributed by atoms with Gasteiger partial charge in [-0.05, 0) is 139 Å². The summed E-state index contributed by atoms with van der Waals surface area (Å²) in [5.74, 6) is 0. The quantitative estimate of drug-likeness (QED) is 0.155. The zero-order valence-electron chi connectivity index (χ0n) is 34.9. The van der Waals surface area contributed by atoms with Crippen LogP contribution in [-0.2, 0) is 16.4 Å². The first kappa shape index (κ1) is 36.3. The normalized spacial score (nSPS) is 15.9. The average molecular weight is 824 g/mol. The number of nitrogens with zero attached hydrogens (tertiary/aromatic N) is 9. The fourth-order valence-electron chi connectivity index (χ4n) is 11.5. The Morgan fingerprint density at radius 3 is 1.28 bits per heavy atom. The van der Waals surface area contributed by atoms with Gasteiger partial charge in [0.15, 0.2) is 7.05 Å². The van der Waals surface area contributed by atoms with Gasteiger partial charge in [-0.2, -0.15) is 0 Å². The van der Waals surface area contributed by atoms with E-state index in [2.05, 4.69) is 121 Å². The number of rotatable bonds is 6.